The third kappa shape index (κ3) is 4.60. The van der Waals surface area contributed by atoms with Crippen LogP contribution in [0.2, 0.25) is 0 Å². The molecule has 0 aliphatic carbocycles. The van der Waals surface area contributed by atoms with Gasteiger partial charge in [-0.3, -0.25) is 4.79 Å². The number of carbonyl (C=O) groups is 1. The molecule has 130 valence electrons. The molecule has 25 heavy (non-hydrogen) atoms. The normalized spacial score (nSPS) is 10.5. The molecule has 0 atom stereocenters. The lowest BCUT2D eigenvalue weighted by Gasteiger charge is -2.07. The molecule has 1 amide bonds. The zero-order chi connectivity index (χ0) is 17.6. The summed E-state index contributed by atoms with van der Waals surface area (Å²) in [4.78, 5) is 16.3. The number of aromatic nitrogens is 1. The molecule has 3 aromatic rings. The van der Waals surface area contributed by atoms with Crippen molar-refractivity contribution in [3.63, 3.8) is 0 Å². The maximum atomic E-state index is 11.9. The molecular weight excluding hydrogens is 340 g/mol. The number of methoxy groups -OCH3 is 1. The van der Waals surface area contributed by atoms with Crippen molar-refractivity contribution >= 4 is 17.2 Å². The van der Waals surface area contributed by atoms with Crippen LogP contribution in [0.1, 0.15) is 10.8 Å². The summed E-state index contributed by atoms with van der Waals surface area (Å²) in [6.07, 6.45) is 0. The smallest absolute Gasteiger partial charge is 0.258 e. The van der Waals surface area contributed by atoms with Crippen LogP contribution in [-0.2, 0) is 11.3 Å². The summed E-state index contributed by atoms with van der Waals surface area (Å²) in [7, 11) is 1.60. The molecule has 3 rings (SSSR count). The maximum absolute atomic E-state index is 11.9. The van der Waals surface area contributed by atoms with Gasteiger partial charge in [-0.25, -0.2) is 4.98 Å². The fraction of sp³-hybridized carbons (Fsp3) is 0.222. The Kier molecular flexibility index (Phi) is 5.35. The number of aryl methyl sites for hydroxylation is 1. The van der Waals surface area contributed by atoms with Crippen LogP contribution in [0.25, 0.3) is 11.5 Å². The molecule has 0 saturated carbocycles. The molecule has 7 heteroatoms. The Morgan fingerprint density at radius 3 is 2.64 bits per heavy atom. The summed E-state index contributed by atoms with van der Waals surface area (Å²) in [5.41, 5.74) is 0.808. The van der Waals surface area contributed by atoms with E-state index >= 15 is 0 Å². The van der Waals surface area contributed by atoms with Crippen LogP contribution in [0.4, 0.5) is 0 Å². The van der Waals surface area contributed by atoms with Crippen molar-refractivity contribution in [2.24, 2.45) is 0 Å². The number of ether oxygens (including phenoxy) is 2. The summed E-state index contributed by atoms with van der Waals surface area (Å²) < 4.78 is 16.2. The van der Waals surface area contributed by atoms with E-state index in [-0.39, 0.29) is 12.5 Å². The van der Waals surface area contributed by atoms with Crippen molar-refractivity contribution in [1.29, 1.82) is 0 Å². The van der Waals surface area contributed by atoms with Crippen LogP contribution in [0.15, 0.2) is 46.2 Å². The number of nitrogens with one attached hydrogen (secondary N) is 1. The first-order valence-corrected chi connectivity index (χ1v) is 8.57. The van der Waals surface area contributed by atoms with E-state index < -0.39 is 0 Å². The molecule has 0 aliphatic heterocycles. The molecule has 1 N–H and O–H groups in total. The first kappa shape index (κ1) is 17.0. The quantitative estimate of drug-likeness (QED) is 0.701. The first-order valence-electron chi connectivity index (χ1n) is 7.69. The van der Waals surface area contributed by atoms with E-state index in [1.807, 2.05) is 24.4 Å². The number of hydrogen-bond donors (Lipinski definition) is 1. The van der Waals surface area contributed by atoms with Gasteiger partial charge in [-0.1, -0.05) is 0 Å². The average Bonchev–Trinajstić information content (AvgIpc) is 3.27. The summed E-state index contributed by atoms with van der Waals surface area (Å²) >= 11 is 1.57. The van der Waals surface area contributed by atoms with Crippen LogP contribution < -0.4 is 14.8 Å². The fourth-order valence-corrected chi connectivity index (χ4v) is 2.75. The molecule has 0 radical (unpaired) electrons. The van der Waals surface area contributed by atoms with E-state index in [9.17, 15) is 4.79 Å². The van der Waals surface area contributed by atoms with E-state index in [2.05, 4.69) is 10.3 Å². The Bertz CT molecular complexity index is 839. The van der Waals surface area contributed by atoms with Gasteiger partial charge in [-0.2, -0.15) is 0 Å². The summed E-state index contributed by atoms with van der Waals surface area (Å²) in [6, 6.07) is 10.7. The highest BCUT2D eigenvalue weighted by atomic mass is 32.1. The summed E-state index contributed by atoms with van der Waals surface area (Å²) in [6.45, 7) is 2.18. The van der Waals surface area contributed by atoms with E-state index in [4.69, 9.17) is 13.9 Å². The molecule has 0 saturated heterocycles. The van der Waals surface area contributed by atoms with Gasteiger partial charge in [0.2, 0.25) is 0 Å². The third-order valence-corrected chi connectivity index (χ3v) is 4.20. The highest BCUT2D eigenvalue weighted by molar-refractivity contribution is 7.09. The van der Waals surface area contributed by atoms with Crippen LogP contribution in [0, 0.1) is 6.92 Å². The Hall–Kier alpha value is -2.80. The molecular formula is C18H18N2O4S. The average molecular weight is 358 g/mol. The molecule has 0 spiro atoms. The summed E-state index contributed by atoms with van der Waals surface area (Å²) in [5, 5.41) is 5.69. The minimum absolute atomic E-state index is 0.0643. The van der Waals surface area contributed by atoms with Gasteiger partial charge < -0.3 is 19.2 Å². The van der Waals surface area contributed by atoms with Crippen LogP contribution in [0.3, 0.4) is 0 Å². The van der Waals surface area contributed by atoms with Gasteiger partial charge in [-0.15, -0.1) is 11.3 Å². The SMILES string of the molecule is COc1ccc(OCC(=O)NCc2ccc(-c3csc(C)n3)o2)cc1. The molecule has 2 heterocycles. The highest BCUT2D eigenvalue weighted by Gasteiger charge is 2.09. The van der Waals surface area contributed by atoms with Crippen molar-refractivity contribution in [2.75, 3.05) is 13.7 Å². The van der Waals surface area contributed by atoms with Crippen molar-refractivity contribution in [1.82, 2.24) is 10.3 Å². The largest absolute Gasteiger partial charge is 0.497 e. The van der Waals surface area contributed by atoms with Gasteiger partial charge in [-0.05, 0) is 43.3 Å². The van der Waals surface area contributed by atoms with Crippen molar-refractivity contribution in [3.05, 3.63) is 52.5 Å². The Morgan fingerprint density at radius 2 is 1.96 bits per heavy atom. The second-order valence-electron chi connectivity index (χ2n) is 5.26. The molecule has 1 aromatic carbocycles. The van der Waals surface area contributed by atoms with Crippen molar-refractivity contribution in [3.8, 4) is 23.0 Å². The second kappa shape index (κ2) is 7.85. The predicted molar refractivity (Wildman–Crippen MR) is 94.9 cm³/mol. The van der Waals surface area contributed by atoms with Crippen LogP contribution in [-0.4, -0.2) is 24.6 Å². The number of hydrogen-bond acceptors (Lipinski definition) is 6. The zero-order valence-corrected chi connectivity index (χ0v) is 14.8. The summed E-state index contributed by atoms with van der Waals surface area (Å²) in [5.74, 6) is 2.48. The Balaban J connectivity index is 1.46. The monoisotopic (exact) mass is 358 g/mol. The molecule has 6 nitrogen and oxygen atoms in total. The van der Waals surface area contributed by atoms with Crippen molar-refractivity contribution < 1.29 is 18.7 Å². The molecule has 2 aromatic heterocycles. The molecule has 0 unspecified atom stereocenters. The lowest BCUT2D eigenvalue weighted by molar-refractivity contribution is -0.123. The third-order valence-electron chi connectivity index (χ3n) is 3.42. The molecule has 0 aliphatic rings. The fourth-order valence-electron chi connectivity index (χ4n) is 2.14. The number of thiazole rings is 1. The number of nitrogens with zero attached hydrogens (tertiary/aromatic N) is 1. The number of benzene rings is 1. The Labute approximate surface area is 149 Å². The predicted octanol–water partition coefficient (Wildman–Crippen LogP) is 3.42. The zero-order valence-electron chi connectivity index (χ0n) is 13.9. The topological polar surface area (TPSA) is 73.6 Å². The van der Waals surface area contributed by atoms with E-state index in [0.29, 0.717) is 23.8 Å². The second-order valence-corrected chi connectivity index (χ2v) is 6.32. The molecule has 0 bridgehead atoms. The lowest BCUT2D eigenvalue weighted by Crippen LogP contribution is -2.28. The number of rotatable bonds is 7. The number of furan rings is 1. The molecule has 0 fully saturated rings. The minimum Gasteiger partial charge on any atom is -0.497 e. The van der Waals surface area contributed by atoms with Crippen LogP contribution >= 0.6 is 11.3 Å². The van der Waals surface area contributed by atoms with Gasteiger partial charge in [0.1, 0.15) is 23.0 Å². The first-order chi connectivity index (χ1) is 12.1. The Morgan fingerprint density at radius 1 is 1.20 bits per heavy atom. The van der Waals surface area contributed by atoms with Gasteiger partial charge in [0, 0.05) is 5.38 Å². The van der Waals surface area contributed by atoms with Crippen molar-refractivity contribution in [2.45, 2.75) is 13.5 Å². The highest BCUT2D eigenvalue weighted by Crippen LogP contribution is 2.23. The lowest BCUT2D eigenvalue weighted by atomic mass is 10.3. The van der Waals surface area contributed by atoms with E-state index in [0.717, 1.165) is 16.5 Å². The van der Waals surface area contributed by atoms with Gasteiger partial charge in [0.05, 0.1) is 18.7 Å². The van der Waals surface area contributed by atoms with Crippen LogP contribution in [0.5, 0.6) is 11.5 Å². The maximum Gasteiger partial charge on any atom is 0.258 e. The van der Waals surface area contributed by atoms with Gasteiger partial charge in [0.15, 0.2) is 12.4 Å². The minimum atomic E-state index is -0.224. The number of carbonyl (C=O) groups excluding carboxylic acids is 1. The number of amides is 1. The van der Waals surface area contributed by atoms with E-state index in [1.54, 1.807) is 42.7 Å². The standard InChI is InChI=1S/C18H18N2O4S/c1-12-20-16(11-25-12)17-8-7-15(24-17)9-19-18(21)10-23-14-5-3-13(22-2)4-6-14/h3-8,11H,9-10H2,1-2H3,(H,19,21). The van der Waals surface area contributed by atoms with Gasteiger partial charge >= 0.3 is 0 Å². The van der Waals surface area contributed by atoms with Gasteiger partial charge in [0.25, 0.3) is 5.91 Å². The van der Waals surface area contributed by atoms with E-state index in [1.165, 1.54) is 0 Å².